The minimum Gasteiger partial charge on any atom is -0.481 e. The number of nitrogens with zero attached hydrogens (tertiary/aromatic N) is 8. The van der Waals surface area contributed by atoms with Gasteiger partial charge in [0, 0.05) is 7.05 Å². The Morgan fingerprint density at radius 3 is 2.18 bits per heavy atom. The Hall–Kier alpha value is -6.27. The molecule has 0 aliphatic rings. The highest BCUT2D eigenvalue weighted by Gasteiger charge is 2.31. The summed E-state index contributed by atoms with van der Waals surface area (Å²) in [5.74, 6) is -2.37. The summed E-state index contributed by atoms with van der Waals surface area (Å²) in [6.45, 7) is 1.16. The fraction of sp³-hybridized carbons (Fsp3) is 0.233. The van der Waals surface area contributed by atoms with Gasteiger partial charge in [-0.25, -0.2) is 19.1 Å². The van der Waals surface area contributed by atoms with Gasteiger partial charge in [-0.15, -0.1) is 10.2 Å². The van der Waals surface area contributed by atoms with Crippen molar-refractivity contribution in [2.24, 2.45) is 14.1 Å². The van der Waals surface area contributed by atoms with Gasteiger partial charge in [0.05, 0.1) is 60.3 Å². The van der Waals surface area contributed by atoms with Crippen LogP contribution in [0.5, 0.6) is 23.3 Å². The number of carbonyl (C=O) groups is 3. The van der Waals surface area contributed by atoms with Crippen LogP contribution >= 0.6 is 23.2 Å². The number of carboxylic acids is 1. The van der Waals surface area contributed by atoms with Crippen LogP contribution in [-0.4, -0.2) is 91.8 Å². The first-order valence-corrected chi connectivity index (χ1v) is 17.3. The number of aryl methyl sites for hydroxylation is 2. The fourth-order valence-electron chi connectivity index (χ4n) is 4.14. The molecule has 0 radical (unpaired) electrons. The lowest BCUT2D eigenvalue weighted by Gasteiger charge is -2.13. The van der Waals surface area contributed by atoms with Crippen LogP contribution in [0.25, 0.3) is 11.4 Å². The highest BCUT2D eigenvalue weighted by atomic mass is 35.5. The molecule has 1 atom stereocenters. The van der Waals surface area contributed by atoms with Gasteiger partial charge < -0.3 is 24.1 Å². The molecule has 26 heteroatoms. The lowest BCUT2D eigenvalue weighted by molar-refractivity contribution is -0.146. The van der Waals surface area contributed by atoms with E-state index in [-0.39, 0.29) is 61.2 Å². The van der Waals surface area contributed by atoms with Crippen LogP contribution < -0.4 is 24.2 Å². The molecule has 2 aromatic carbocycles. The number of nitrogens with one attached hydrogen (secondary N) is 2. The molecule has 298 valence electrons. The number of esters is 1. The normalized spacial score (nSPS) is 11.8. The second kappa shape index (κ2) is 17.5. The highest BCUT2D eigenvalue weighted by molar-refractivity contribution is 7.90. The van der Waals surface area contributed by atoms with E-state index in [4.69, 9.17) is 47.3 Å². The number of carbonyl (C=O) groups excluding carboxylic acids is 2. The van der Waals surface area contributed by atoms with Crippen molar-refractivity contribution >= 4 is 57.1 Å². The summed E-state index contributed by atoms with van der Waals surface area (Å²) < 4.78 is 86.5. The summed E-state index contributed by atoms with van der Waals surface area (Å²) in [6, 6.07) is 6.61. The minimum atomic E-state index is -4.56. The smallest absolute Gasteiger partial charge is 0.416 e. The molecule has 20 nitrogen and oxygen atoms in total. The van der Waals surface area contributed by atoms with Gasteiger partial charge in [-0.2, -0.15) is 41.5 Å². The molecule has 0 unspecified atom stereocenters. The van der Waals surface area contributed by atoms with Crippen molar-refractivity contribution in [1.82, 2.24) is 44.7 Å². The molecule has 5 rings (SSSR count). The van der Waals surface area contributed by atoms with E-state index in [1.54, 1.807) is 0 Å². The Labute approximate surface area is 323 Å². The molecule has 2 amide bonds. The first-order chi connectivity index (χ1) is 26.2. The number of hydrogen-bond acceptors (Lipinski definition) is 15. The first kappa shape index (κ1) is 42.5. The molecule has 0 saturated carbocycles. The van der Waals surface area contributed by atoms with Crippen LogP contribution in [0.3, 0.4) is 0 Å². The zero-order chi connectivity index (χ0) is 41.5. The van der Waals surface area contributed by atoms with E-state index in [9.17, 15) is 36.0 Å². The van der Waals surface area contributed by atoms with Crippen molar-refractivity contribution in [1.29, 1.82) is 0 Å². The molecule has 0 bridgehead atoms. The Morgan fingerprint density at radius 2 is 1.62 bits per heavy atom. The molecule has 56 heavy (non-hydrogen) atoms. The number of aromatic nitrogens is 8. The molecule has 3 heterocycles. The maximum Gasteiger partial charge on any atom is 0.416 e. The third-order valence-corrected chi connectivity index (χ3v) is 8.79. The summed E-state index contributed by atoms with van der Waals surface area (Å²) in [6.07, 6.45) is -4.71. The third-order valence-electron chi connectivity index (χ3n) is 6.71. The maximum absolute atomic E-state index is 12.8. The number of carboxylic acid groups (broad SMARTS) is 1. The van der Waals surface area contributed by atoms with E-state index in [1.165, 1.54) is 52.7 Å². The number of alkyl halides is 3. The summed E-state index contributed by atoms with van der Waals surface area (Å²) in [5.41, 5.74) is -1.05. The number of ether oxygens (including phenoxy) is 4. The summed E-state index contributed by atoms with van der Waals surface area (Å²) in [4.78, 5) is 44.0. The molecule has 0 aliphatic carbocycles. The average Bonchev–Trinajstić information content (AvgIpc) is 3.74. The van der Waals surface area contributed by atoms with Crippen molar-refractivity contribution in [3.05, 3.63) is 69.8 Å². The molecule has 5 aromatic rings. The predicted octanol–water partition coefficient (Wildman–Crippen LogP) is 4.36. The van der Waals surface area contributed by atoms with Gasteiger partial charge in [0.15, 0.2) is 11.1 Å². The van der Waals surface area contributed by atoms with Crippen molar-refractivity contribution in [3.63, 3.8) is 0 Å². The molecular weight excluding hydrogens is 820 g/mol. The van der Waals surface area contributed by atoms with Crippen LogP contribution in [0.4, 0.5) is 23.9 Å². The number of methoxy groups -OCH3 is 2. The van der Waals surface area contributed by atoms with Crippen LogP contribution in [-0.2, 0) is 39.8 Å². The second-order valence-corrected chi connectivity index (χ2v) is 13.1. The molecular formula is C30H27Cl2F3N10O10S. The van der Waals surface area contributed by atoms with Gasteiger partial charge in [0.1, 0.15) is 11.5 Å². The SMILES string of the molecule is COc1cc(OC)nc(NC(=O)NS(=O)(=O)c2c(-c3nnn(C)n3)cnn2C)n1.C[C@H](OC(=O)c1cc(Oc2ccc(C(F)(F)F)cc2Cl)ccc1Cl)C(=O)O. The van der Waals surface area contributed by atoms with Crippen molar-refractivity contribution in [2.75, 3.05) is 19.5 Å². The van der Waals surface area contributed by atoms with Crippen LogP contribution in [0.1, 0.15) is 22.8 Å². The maximum atomic E-state index is 12.8. The Bertz CT molecular complexity index is 2360. The molecule has 0 fully saturated rings. The van der Waals surface area contributed by atoms with Crippen molar-refractivity contribution in [3.8, 4) is 34.6 Å². The van der Waals surface area contributed by atoms with E-state index in [0.29, 0.717) is 6.07 Å². The van der Waals surface area contributed by atoms with Gasteiger partial charge in [-0.3, -0.25) is 10.00 Å². The zero-order valence-electron chi connectivity index (χ0n) is 29.2. The van der Waals surface area contributed by atoms with Crippen molar-refractivity contribution in [2.45, 2.75) is 24.2 Å². The average molecular weight is 848 g/mol. The van der Waals surface area contributed by atoms with E-state index >= 15 is 0 Å². The molecule has 0 saturated heterocycles. The van der Waals surface area contributed by atoms with Gasteiger partial charge in [0.25, 0.3) is 10.0 Å². The van der Waals surface area contributed by atoms with Crippen molar-refractivity contribution < 1.29 is 60.0 Å². The number of sulfonamides is 1. The Kier molecular flexibility index (Phi) is 13.2. The predicted molar refractivity (Wildman–Crippen MR) is 186 cm³/mol. The quantitative estimate of drug-likeness (QED) is 0.156. The molecule has 0 aliphatic heterocycles. The lowest BCUT2D eigenvalue weighted by Crippen LogP contribution is -2.36. The van der Waals surface area contributed by atoms with E-state index in [1.807, 2.05) is 4.72 Å². The topological polar surface area (TPSA) is 254 Å². The standard InChI is InChI=1S/C17H11Cl2F3O5.C13H16N10O5S/c1-8(15(23)24)26-16(25)11-7-10(3-4-12(11)18)27-14-5-2-9(6-13(14)19)17(20,21)22;1-22-11(7(6-14-22)10-18-21-23(2)19-10)29(25,26)20-13(24)17-12-15-8(27-3)5-9(16-12)28-4/h2-8H,1H3,(H,23,24);5-6H,1-4H3,(H2,15,16,17,20,24)/t8-;/m0./s1. The molecule has 3 aromatic heterocycles. The number of amides is 2. The number of benzene rings is 2. The largest absolute Gasteiger partial charge is 0.481 e. The Morgan fingerprint density at radius 1 is 0.964 bits per heavy atom. The lowest BCUT2D eigenvalue weighted by atomic mass is 10.2. The van der Waals surface area contributed by atoms with E-state index in [2.05, 4.69) is 35.8 Å². The highest BCUT2D eigenvalue weighted by Crippen LogP contribution is 2.37. The summed E-state index contributed by atoms with van der Waals surface area (Å²) >= 11 is 11.7. The van der Waals surface area contributed by atoms with Crippen LogP contribution in [0.2, 0.25) is 10.0 Å². The number of anilines is 1. The van der Waals surface area contributed by atoms with Crippen LogP contribution in [0, 0.1) is 0 Å². The number of hydrogen-bond donors (Lipinski definition) is 3. The minimum absolute atomic E-state index is 0.0246. The van der Waals surface area contributed by atoms with Gasteiger partial charge in [-0.1, -0.05) is 23.2 Å². The van der Waals surface area contributed by atoms with E-state index < -0.39 is 45.8 Å². The zero-order valence-corrected chi connectivity index (χ0v) is 31.5. The van der Waals surface area contributed by atoms with Gasteiger partial charge in [0.2, 0.25) is 23.5 Å². The number of aliphatic carboxylic acids is 1. The summed E-state index contributed by atoms with van der Waals surface area (Å²) in [7, 11) is 1.27. The number of rotatable bonds is 11. The number of tetrazole rings is 1. The number of urea groups is 1. The van der Waals surface area contributed by atoms with Gasteiger partial charge in [-0.05, 0) is 48.5 Å². The fourth-order valence-corrected chi connectivity index (χ4v) is 5.78. The molecule has 0 spiro atoms. The van der Waals surface area contributed by atoms with E-state index in [0.717, 1.165) is 34.6 Å². The number of halogens is 5. The monoisotopic (exact) mass is 846 g/mol. The summed E-state index contributed by atoms with van der Waals surface area (Å²) in [5, 5.41) is 25.6. The Balaban J connectivity index is 0.000000249. The first-order valence-electron chi connectivity index (χ1n) is 15.1. The second-order valence-electron chi connectivity index (χ2n) is 10.7. The molecule has 3 N–H and O–H groups in total. The third kappa shape index (κ3) is 10.7. The van der Waals surface area contributed by atoms with Crippen LogP contribution in [0.15, 0.2) is 53.7 Å². The van der Waals surface area contributed by atoms with Gasteiger partial charge >= 0.3 is 24.1 Å².